The fourth-order valence-electron chi connectivity index (χ4n) is 1.92. The molecule has 0 aliphatic rings. The minimum atomic E-state index is -0.920. The zero-order chi connectivity index (χ0) is 15.9. The highest BCUT2D eigenvalue weighted by Gasteiger charge is 2.29. The molecular weight excluding hydrogens is 323 g/mol. The second-order valence-electron chi connectivity index (χ2n) is 5.35. The van der Waals surface area contributed by atoms with Crippen molar-refractivity contribution in [2.24, 2.45) is 0 Å². The van der Waals surface area contributed by atoms with Gasteiger partial charge in [0.25, 0.3) is 5.91 Å². The minimum Gasteiger partial charge on any atom is -0.478 e. The Labute approximate surface area is 144 Å². The molecule has 1 aromatic carbocycles. The Morgan fingerprint density at radius 3 is 2.27 bits per heavy atom. The summed E-state index contributed by atoms with van der Waals surface area (Å²) in [6, 6.07) is 7.00. The van der Waals surface area contributed by atoms with Crippen molar-refractivity contribution in [1.29, 1.82) is 0 Å². The summed E-state index contributed by atoms with van der Waals surface area (Å²) < 4.78 is 5.74. The zero-order valence-electron chi connectivity index (χ0n) is 13.7. The van der Waals surface area contributed by atoms with Crippen LogP contribution in [-0.4, -0.2) is 42.6 Å². The number of halogens is 2. The highest BCUT2D eigenvalue weighted by molar-refractivity contribution is 6.30. The molecule has 0 unspecified atom stereocenters. The quantitative estimate of drug-likeness (QED) is 0.782. The normalized spacial score (nSPS) is 11.0. The summed E-state index contributed by atoms with van der Waals surface area (Å²) in [6.45, 7) is 11.2. The molecule has 0 bridgehead atoms. The standard InChI is InChI=1S/C16H25ClN2O2.ClH/c1-5-19(6-2)12-11-18-15(20)16(3,4)21-14-9-7-13(17)8-10-14;/h7-10H,5-6,11-12H2,1-4H3,(H,18,20);1H. The maximum absolute atomic E-state index is 12.2. The predicted molar refractivity (Wildman–Crippen MR) is 94.2 cm³/mol. The van der Waals surface area contributed by atoms with E-state index in [0.29, 0.717) is 17.3 Å². The molecule has 0 heterocycles. The van der Waals surface area contributed by atoms with Gasteiger partial charge in [-0.15, -0.1) is 12.4 Å². The van der Waals surface area contributed by atoms with E-state index < -0.39 is 5.60 Å². The van der Waals surface area contributed by atoms with Gasteiger partial charge < -0.3 is 15.0 Å². The number of likely N-dealkylation sites (N-methyl/N-ethyl adjacent to an activating group) is 1. The SMILES string of the molecule is CCN(CC)CCNC(=O)C(C)(C)Oc1ccc(Cl)cc1.Cl. The number of carbonyl (C=O) groups is 1. The lowest BCUT2D eigenvalue weighted by atomic mass is 10.1. The highest BCUT2D eigenvalue weighted by Crippen LogP contribution is 2.20. The van der Waals surface area contributed by atoms with Gasteiger partial charge in [0.2, 0.25) is 0 Å². The van der Waals surface area contributed by atoms with Gasteiger partial charge in [0.15, 0.2) is 5.60 Å². The first-order valence-electron chi connectivity index (χ1n) is 7.34. The lowest BCUT2D eigenvalue weighted by Gasteiger charge is -2.26. The third kappa shape index (κ3) is 6.86. The van der Waals surface area contributed by atoms with Crippen molar-refractivity contribution in [3.8, 4) is 5.75 Å². The van der Waals surface area contributed by atoms with Crippen LogP contribution in [0.3, 0.4) is 0 Å². The number of ether oxygens (including phenoxy) is 1. The van der Waals surface area contributed by atoms with Gasteiger partial charge in [-0.3, -0.25) is 4.79 Å². The van der Waals surface area contributed by atoms with Crippen LogP contribution in [0.25, 0.3) is 0 Å². The minimum absolute atomic E-state index is 0. The van der Waals surface area contributed by atoms with Crippen LogP contribution in [0.2, 0.25) is 5.02 Å². The van der Waals surface area contributed by atoms with Gasteiger partial charge in [-0.2, -0.15) is 0 Å². The van der Waals surface area contributed by atoms with E-state index in [9.17, 15) is 4.79 Å². The van der Waals surface area contributed by atoms with Gasteiger partial charge in [-0.05, 0) is 51.2 Å². The molecular formula is C16H26Cl2N2O2. The maximum atomic E-state index is 12.2. The summed E-state index contributed by atoms with van der Waals surface area (Å²) in [7, 11) is 0. The molecule has 126 valence electrons. The van der Waals surface area contributed by atoms with E-state index in [4.69, 9.17) is 16.3 Å². The highest BCUT2D eigenvalue weighted by atomic mass is 35.5. The summed E-state index contributed by atoms with van der Waals surface area (Å²) in [5, 5.41) is 3.56. The van der Waals surface area contributed by atoms with Crippen molar-refractivity contribution >= 4 is 29.9 Å². The number of rotatable bonds is 8. The second-order valence-corrected chi connectivity index (χ2v) is 5.79. The third-order valence-corrected chi connectivity index (χ3v) is 3.59. The lowest BCUT2D eigenvalue weighted by Crippen LogP contribution is -2.48. The van der Waals surface area contributed by atoms with E-state index in [-0.39, 0.29) is 18.3 Å². The number of nitrogens with one attached hydrogen (secondary N) is 1. The first kappa shape index (κ1) is 21.0. The molecule has 0 saturated heterocycles. The molecule has 0 aliphatic heterocycles. The van der Waals surface area contributed by atoms with E-state index >= 15 is 0 Å². The van der Waals surface area contributed by atoms with Crippen molar-refractivity contribution in [2.45, 2.75) is 33.3 Å². The maximum Gasteiger partial charge on any atom is 0.263 e. The average Bonchev–Trinajstić information content (AvgIpc) is 2.45. The van der Waals surface area contributed by atoms with E-state index in [1.165, 1.54) is 0 Å². The van der Waals surface area contributed by atoms with Crippen molar-refractivity contribution < 1.29 is 9.53 Å². The van der Waals surface area contributed by atoms with Crippen LogP contribution in [0.15, 0.2) is 24.3 Å². The molecule has 0 fully saturated rings. The van der Waals surface area contributed by atoms with Crippen LogP contribution in [0.5, 0.6) is 5.75 Å². The van der Waals surface area contributed by atoms with Crippen LogP contribution in [0.1, 0.15) is 27.7 Å². The molecule has 0 atom stereocenters. The van der Waals surface area contributed by atoms with Crippen LogP contribution in [-0.2, 0) is 4.79 Å². The topological polar surface area (TPSA) is 41.6 Å². The summed E-state index contributed by atoms with van der Waals surface area (Å²) in [4.78, 5) is 14.5. The van der Waals surface area contributed by atoms with Gasteiger partial charge in [-0.1, -0.05) is 25.4 Å². The van der Waals surface area contributed by atoms with Gasteiger partial charge in [0, 0.05) is 18.1 Å². The monoisotopic (exact) mass is 348 g/mol. The zero-order valence-corrected chi connectivity index (χ0v) is 15.3. The molecule has 22 heavy (non-hydrogen) atoms. The number of benzene rings is 1. The molecule has 0 aromatic heterocycles. The largest absolute Gasteiger partial charge is 0.478 e. The van der Waals surface area contributed by atoms with E-state index in [0.717, 1.165) is 19.6 Å². The van der Waals surface area contributed by atoms with Crippen LogP contribution < -0.4 is 10.1 Å². The van der Waals surface area contributed by atoms with Crippen molar-refractivity contribution in [2.75, 3.05) is 26.2 Å². The second kappa shape index (κ2) is 9.93. The molecule has 1 rings (SSSR count). The van der Waals surface area contributed by atoms with E-state index in [2.05, 4.69) is 24.1 Å². The van der Waals surface area contributed by atoms with Crippen LogP contribution in [0.4, 0.5) is 0 Å². The van der Waals surface area contributed by atoms with E-state index in [1.54, 1.807) is 38.1 Å². The molecule has 0 radical (unpaired) electrons. The van der Waals surface area contributed by atoms with Crippen molar-refractivity contribution in [3.05, 3.63) is 29.3 Å². The Kier molecular flexibility index (Phi) is 9.49. The summed E-state index contributed by atoms with van der Waals surface area (Å²) in [6.07, 6.45) is 0. The molecule has 0 saturated carbocycles. The summed E-state index contributed by atoms with van der Waals surface area (Å²) >= 11 is 5.83. The number of hydrogen-bond donors (Lipinski definition) is 1. The fraction of sp³-hybridized carbons (Fsp3) is 0.562. The van der Waals surface area contributed by atoms with Crippen LogP contribution in [0, 0.1) is 0 Å². The van der Waals surface area contributed by atoms with Crippen LogP contribution >= 0.6 is 24.0 Å². The first-order chi connectivity index (χ1) is 9.89. The molecule has 0 spiro atoms. The smallest absolute Gasteiger partial charge is 0.263 e. The van der Waals surface area contributed by atoms with Gasteiger partial charge in [-0.25, -0.2) is 0 Å². The lowest BCUT2D eigenvalue weighted by molar-refractivity contribution is -0.134. The first-order valence-corrected chi connectivity index (χ1v) is 7.72. The van der Waals surface area contributed by atoms with Gasteiger partial charge in [0.05, 0.1) is 0 Å². The molecule has 1 amide bonds. The van der Waals surface area contributed by atoms with Gasteiger partial charge >= 0.3 is 0 Å². The number of nitrogens with zero attached hydrogens (tertiary/aromatic N) is 1. The molecule has 0 aliphatic carbocycles. The van der Waals surface area contributed by atoms with Crippen molar-refractivity contribution in [3.63, 3.8) is 0 Å². The summed E-state index contributed by atoms with van der Waals surface area (Å²) in [5.74, 6) is 0.507. The Morgan fingerprint density at radius 1 is 1.23 bits per heavy atom. The Bertz CT molecular complexity index is 446. The van der Waals surface area contributed by atoms with E-state index in [1.807, 2.05) is 0 Å². The Balaban J connectivity index is 0.00000441. The van der Waals surface area contributed by atoms with Gasteiger partial charge in [0.1, 0.15) is 5.75 Å². The fourth-order valence-corrected chi connectivity index (χ4v) is 2.05. The number of hydrogen-bond acceptors (Lipinski definition) is 3. The summed E-state index contributed by atoms with van der Waals surface area (Å²) in [5.41, 5.74) is -0.920. The molecule has 6 heteroatoms. The number of carbonyl (C=O) groups excluding carboxylic acids is 1. The molecule has 1 N–H and O–H groups in total. The molecule has 4 nitrogen and oxygen atoms in total. The predicted octanol–water partition coefficient (Wildman–Crippen LogP) is 3.38. The number of amides is 1. The average molecular weight is 349 g/mol. The van der Waals surface area contributed by atoms with Crippen molar-refractivity contribution in [1.82, 2.24) is 10.2 Å². The third-order valence-electron chi connectivity index (χ3n) is 3.34. The Morgan fingerprint density at radius 2 is 1.77 bits per heavy atom. The Hall–Kier alpha value is -0.970. The molecule has 1 aromatic rings.